The Labute approximate surface area is 134 Å². The van der Waals surface area contributed by atoms with Gasteiger partial charge >= 0.3 is 0 Å². The van der Waals surface area contributed by atoms with Gasteiger partial charge < -0.3 is 20.1 Å². The molecule has 0 saturated carbocycles. The van der Waals surface area contributed by atoms with E-state index in [0.29, 0.717) is 11.3 Å². The monoisotopic (exact) mass is 352 g/mol. The number of imidazole rings is 1. The highest BCUT2D eigenvalue weighted by atomic mass is 35.5. The summed E-state index contributed by atoms with van der Waals surface area (Å²) in [7, 11) is 0. The van der Waals surface area contributed by atoms with Crippen LogP contribution in [-0.4, -0.2) is 49.6 Å². The van der Waals surface area contributed by atoms with Crippen LogP contribution < -0.4 is 0 Å². The third-order valence-corrected chi connectivity index (χ3v) is 4.44. The molecule has 3 N–H and O–H groups in total. The molecule has 1 unspecified atom stereocenters. The Balaban J connectivity index is 2.18. The van der Waals surface area contributed by atoms with E-state index in [1.54, 1.807) is 0 Å². The SMILES string of the molecule is OC[C@H]1OC(c2c(Cl)c(Cl)cc3nc(Cl)cn23)[C@@H](O)[C@H]1O. The topological polar surface area (TPSA) is 87.2 Å². The minimum absolute atomic E-state index is 0.160. The molecule has 3 heterocycles. The standard InChI is InChI=1S/C12H11Cl3N2O4/c13-4-1-7-16-6(14)2-17(7)9(8(4)15)12-11(20)10(19)5(3-18)21-12/h1-2,5,10-12,18-20H,3H2/t5-,10+,11+,12?/m1/s1. The molecule has 0 aromatic carbocycles. The molecule has 2 aromatic heterocycles. The smallest absolute Gasteiger partial charge is 0.148 e. The van der Waals surface area contributed by atoms with Gasteiger partial charge in [0.05, 0.1) is 22.3 Å². The molecule has 1 aliphatic heterocycles. The molecule has 9 heteroatoms. The van der Waals surface area contributed by atoms with Crippen LogP contribution in [0.1, 0.15) is 11.8 Å². The van der Waals surface area contributed by atoms with Crippen LogP contribution in [-0.2, 0) is 4.74 Å². The Bertz CT molecular complexity index is 693. The van der Waals surface area contributed by atoms with Crippen LogP contribution in [0.4, 0.5) is 0 Å². The molecule has 3 rings (SSSR count). The van der Waals surface area contributed by atoms with Crippen molar-refractivity contribution in [3.63, 3.8) is 0 Å². The third kappa shape index (κ3) is 2.41. The van der Waals surface area contributed by atoms with Crippen molar-refractivity contribution in [3.8, 4) is 0 Å². The summed E-state index contributed by atoms with van der Waals surface area (Å²) in [5.74, 6) is 0. The summed E-state index contributed by atoms with van der Waals surface area (Å²) in [4.78, 5) is 4.07. The fraction of sp³-hybridized carbons (Fsp3) is 0.417. The van der Waals surface area contributed by atoms with Gasteiger partial charge in [0.15, 0.2) is 0 Å². The van der Waals surface area contributed by atoms with Gasteiger partial charge in [0.25, 0.3) is 0 Å². The van der Waals surface area contributed by atoms with Crippen LogP contribution in [0.25, 0.3) is 5.65 Å². The van der Waals surface area contributed by atoms with Gasteiger partial charge in [0.1, 0.15) is 35.2 Å². The van der Waals surface area contributed by atoms with E-state index in [4.69, 9.17) is 44.6 Å². The van der Waals surface area contributed by atoms with Crippen molar-refractivity contribution in [1.82, 2.24) is 9.38 Å². The van der Waals surface area contributed by atoms with E-state index in [-0.39, 0.29) is 15.2 Å². The van der Waals surface area contributed by atoms with Crippen LogP contribution in [0.15, 0.2) is 12.3 Å². The Morgan fingerprint density at radius 3 is 2.57 bits per heavy atom. The Kier molecular flexibility index (Phi) is 4.04. The van der Waals surface area contributed by atoms with E-state index in [1.807, 2.05) is 0 Å². The fourth-order valence-electron chi connectivity index (χ4n) is 2.45. The lowest BCUT2D eigenvalue weighted by Gasteiger charge is -2.18. The molecule has 21 heavy (non-hydrogen) atoms. The number of aromatic nitrogens is 2. The summed E-state index contributed by atoms with van der Waals surface area (Å²) in [6, 6.07) is 1.53. The maximum absolute atomic E-state index is 10.1. The molecule has 0 aliphatic carbocycles. The number of ether oxygens (including phenoxy) is 1. The zero-order chi connectivity index (χ0) is 15.3. The Hall–Kier alpha value is -0.600. The summed E-state index contributed by atoms with van der Waals surface area (Å²) in [5, 5.41) is 29.8. The Morgan fingerprint density at radius 1 is 1.24 bits per heavy atom. The number of rotatable bonds is 2. The first kappa shape index (κ1) is 15.3. The van der Waals surface area contributed by atoms with E-state index in [0.717, 1.165) is 0 Å². The van der Waals surface area contributed by atoms with Gasteiger partial charge in [-0.05, 0) is 0 Å². The number of aliphatic hydroxyl groups excluding tert-OH is 3. The molecule has 114 valence electrons. The summed E-state index contributed by atoms with van der Waals surface area (Å²) < 4.78 is 7.03. The summed E-state index contributed by atoms with van der Waals surface area (Å²) in [6.45, 7) is -0.430. The number of hydrogen-bond donors (Lipinski definition) is 3. The zero-order valence-corrected chi connectivity index (χ0v) is 12.7. The lowest BCUT2D eigenvalue weighted by Crippen LogP contribution is -2.32. The van der Waals surface area contributed by atoms with Crippen molar-refractivity contribution in [2.24, 2.45) is 0 Å². The normalized spacial score (nSPS) is 29.4. The number of nitrogens with zero attached hydrogens (tertiary/aromatic N) is 2. The molecule has 0 spiro atoms. The first-order valence-electron chi connectivity index (χ1n) is 6.09. The highest BCUT2D eigenvalue weighted by Crippen LogP contribution is 2.40. The molecule has 1 aliphatic rings. The summed E-state index contributed by atoms with van der Waals surface area (Å²) in [6.07, 6.45) is -2.86. The highest BCUT2D eigenvalue weighted by Gasteiger charge is 2.45. The number of pyridine rings is 1. The second kappa shape index (κ2) is 5.55. The predicted molar refractivity (Wildman–Crippen MR) is 76.9 cm³/mol. The first-order valence-corrected chi connectivity index (χ1v) is 7.22. The molecule has 1 saturated heterocycles. The number of hydrogen-bond acceptors (Lipinski definition) is 5. The fourth-order valence-corrected chi connectivity index (χ4v) is 3.08. The predicted octanol–water partition coefficient (Wildman–Crippen LogP) is 1.45. The van der Waals surface area contributed by atoms with Gasteiger partial charge in [0.2, 0.25) is 0 Å². The molecular weight excluding hydrogens is 343 g/mol. The second-order valence-corrected chi connectivity index (χ2v) is 5.91. The minimum Gasteiger partial charge on any atom is -0.394 e. The number of aliphatic hydroxyl groups is 3. The van der Waals surface area contributed by atoms with Gasteiger partial charge in [-0.3, -0.25) is 4.40 Å². The average molecular weight is 354 g/mol. The highest BCUT2D eigenvalue weighted by molar-refractivity contribution is 6.42. The maximum Gasteiger partial charge on any atom is 0.148 e. The van der Waals surface area contributed by atoms with E-state index >= 15 is 0 Å². The maximum atomic E-state index is 10.1. The van der Waals surface area contributed by atoms with Crippen molar-refractivity contribution < 1.29 is 20.1 Å². The van der Waals surface area contributed by atoms with Crippen molar-refractivity contribution in [1.29, 1.82) is 0 Å². The van der Waals surface area contributed by atoms with Gasteiger partial charge in [-0.15, -0.1) is 0 Å². The molecular formula is C12H11Cl3N2O4. The van der Waals surface area contributed by atoms with Crippen molar-refractivity contribution in [3.05, 3.63) is 33.2 Å². The molecule has 1 fully saturated rings. The van der Waals surface area contributed by atoms with Gasteiger partial charge in [-0.2, -0.15) is 0 Å². The summed E-state index contributed by atoms with van der Waals surface area (Å²) >= 11 is 18.1. The van der Waals surface area contributed by atoms with Crippen LogP contribution in [0.2, 0.25) is 15.2 Å². The summed E-state index contributed by atoms with van der Waals surface area (Å²) in [5.41, 5.74) is 0.753. The third-order valence-electron chi connectivity index (χ3n) is 3.47. The van der Waals surface area contributed by atoms with Gasteiger partial charge in [-0.25, -0.2) is 4.98 Å². The van der Waals surface area contributed by atoms with Crippen molar-refractivity contribution in [2.75, 3.05) is 6.61 Å². The molecule has 6 nitrogen and oxygen atoms in total. The van der Waals surface area contributed by atoms with E-state index < -0.39 is 31.0 Å². The molecule has 0 bridgehead atoms. The molecule has 0 radical (unpaired) electrons. The number of halogens is 3. The van der Waals surface area contributed by atoms with Crippen molar-refractivity contribution >= 4 is 40.4 Å². The molecule has 0 amide bonds. The number of fused-ring (bicyclic) bond motifs is 1. The van der Waals surface area contributed by atoms with E-state index in [1.165, 1.54) is 16.7 Å². The zero-order valence-electron chi connectivity index (χ0n) is 10.4. The quantitative estimate of drug-likeness (QED) is 0.761. The largest absolute Gasteiger partial charge is 0.394 e. The second-order valence-electron chi connectivity index (χ2n) is 4.74. The van der Waals surface area contributed by atoms with Gasteiger partial charge in [-0.1, -0.05) is 34.8 Å². The van der Waals surface area contributed by atoms with Crippen LogP contribution in [0.3, 0.4) is 0 Å². The molecule has 2 aromatic rings. The molecule has 4 atom stereocenters. The first-order chi connectivity index (χ1) is 9.93. The van der Waals surface area contributed by atoms with E-state index in [2.05, 4.69) is 4.98 Å². The van der Waals surface area contributed by atoms with Crippen molar-refractivity contribution in [2.45, 2.75) is 24.4 Å². The minimum atomic E-state index is -1.26. The van der Waals surface area contributed by atoms with Gasteiger partial charge in [0, 0.05) is 12.3 Å². The average Bonchev–Trinajstić information content (AvgIpc) is 2.93. The van der Waals surface area contributed by atoms with Crippen LogP contribution in [0, 0.1) is 0 Å². The van der Waals surface area contributed by atoms with Crippen LogP contribution in [0.5, 0.6) is 0 Å². The Morgan fingerprint density at radius 2 is 1.95 bits per heavy atom. The van der Waals surface area contributed by atoms with Crippen LogP contribution >= 0.6 is 34.8 Å². The lowest BCUT2D eigenvalue weighted by molar-refractivity contribution is -0.0242. The lowest BCUT2D eigenvalue weighted by atomic mass is 10.1. The van der Waals surface area contributed by atoms with E-state index in [9.17, 15) is 10.2 Å².